The van der Waals surface area contributed by atoms with Crippen LogP contribution in [0.5, 0.6) is 0 Å². The molecule has 100 valence electrons. The molecule has 2 rings (SSSR count). The zero-order valence-electron chi connectivity index (χ0n) is 11.5. The number of aromatic nitrogens is 2. The van der Waals surface area contributed by atoms with Gasteiger partial charge in [-0.05, 0) is 43.0 Å². The molecule has 1 amide bonds. The first-order chi connectivity index (χ1) is 9.04. The SMILES string of the molecule is Cc1cccc(NC(=O)c2cc(CC(C)C)[nH]n2)c1. The van der Waals surface area contributed by atoms with E-state index in [9.17, 15) is 4.79 Å². The number of benzene rings is 1. The predicted molar refractivity (Wildman–Crippen MR) is 76.3 cm³/mol. The summed E-state index contributed by atoms with van der Waals surface area (Å²) in [6, 6.07) is 9.52. The Morgan fingerprint density at radius 2 is 2.16 bits per heavy atom. The van der Waals surface area contributed by atoms with Crippen LogP contribution in [-0.2, 0) is 6.42 Å². The number of hydrogen-bond acceptors (Lipinski definition) is 2. The van der Waals surface area contributed by atoms with Crippen LogP contribution in [0.1, 0.15) is 35.6 Å². The summed E-state index contributed by atoms with van der Waals surface area (Å²) in [4.78, 5) is 12.0. The summed E-state index contributed by atoms with van der Waals surface area (Å²) in [6.07, 6.45) is 0.894. The van der Waals surface area contributed by atoms with Crippen LogP contribution in [0.2, 0.25) is 0 Å². The van der Waals surface area contributed by atoms with Crippen LogP contribution in [-0.4, -0.2) is 16.1 Å². The second-order valence-electron chi connectivity index (χ2n) is 5.20. The second-order valence-corrected chi connectivity index (χ2v) is 5.20. The first kappa shape index (κ1) is 13.3. The van der Waals surface area contributed by atoms with Crippen molar-refractivity contribution in [3.05, 3.63) is 47.3 Å². The molecular formula is C15H19N3O. The lowest BCUT2D eigenvalue weighted by Gasteiger charge is -2.03. The van der Waals surface area contributed by atoms with Gasteiger partial charge in [0.05, 0.1) is 0 Å². The number of hydrogen-bond donors (Lipinski definition) is 2. The molecule has 1 aromatic heterocycles. The van der Waals surface area contributed by atoms with Gasteiger partial charge in [0.2, 0.25) is 0 Å². The minimum absolute atomic E-state index is 0.183. The van der Waals surface area contributed by atoms with E-state index in [4.69, 9.17) is 0 Å². The summed E-state index contributed by atoms with van der Waals surface area (Å²) < 4.78 is 0. The fourth-order valence-corrected chi connectivity index (χ4v) is 1.94. The molecule has 0 aliphatic carbocycles. The van der Waals surface area contributed by atoms with Crippen molar-refractivity contribution in [3.8, 4) is 0 Å². The second kappa shape index (κ2) is 5.69. The lowest BCUT2D eigenvalue weighted by atomic mass is 10.1. The highest BCUT2D eigenvalue weighted by atomic mass is 16.1. The molecule has 4 nitrogen and oxygen atoms in total. The van der Waals surface area contributed by atoms with E-state index in [1.165, 1.54) is 0 Å². The summed E-state index contributed by atoms with van der Waals surface area (Å²) in [6.45, 7) is 6.26. The molecular weight excluding hydrogens is 238 g/mol. The summed E-state index contributed by atoms with van der Waals surface area (Å²) in [7, 11) is 0. The van der Waals surface area contributed by atoms with E-state index in [1.54, 1.807) is 0 Å². The minimum atomic E-state index is -0.183. The third-order valence-corrected chi connectivity index (χ3v) is 2.77. The summed E-state index contributed by atoms with van der Waals surface area (Å²) in [5, 5.41) is 9.80. The largest absolute Gasteiger partial charge is 0.321 e. The molecule has 4 heteroatoms. The fourth-order valence-electron chi connectivity index (χ4n) is 1.94. The van der Waals surface area contributed by atoms with Gasteiger partial charge in [-0.2, -0.15) is 5.10 Å². The quantitative estimate of drug-likeness (QED) is 0.883. The molecule has 2 N–H and O–H groups in total. The van der Waals surface area contributed by atoms with Crippen LogP contribution in [0, 0.1) is 12.8 Å². The van der Waals surface area contributed by atoms with E-state index >= 15 is 0 Å². The molecule has 2 aromatic rings. The smallest absolute Gasteiger partial charge is 0.276 e. The van der Waals surface area contributed by atoms with Crippen LogP contribution >= 0.6 is 0 Å². The highest BCUT2D eigenvalue weighted by Gasteiger charge is 2.11. The van der Waals surface area contributed by atoms with Crippen LogP contribution < -0.4 is 5.32 Å². The maximum absolute atomic E-state index is 12.0. The first-order valence-electron chi connectivity index (χ1n) is 6.47. The molecule has 0 unspecified atom stereocenters. The van der Waals surface area contributed by atoms with Crippen molar-refractivity contribution in [2.45, 2.75) is 27.2 Å². The number of H-pyrrole nitrogens is 1. The van der Waals surface area contributed by atoms with E-state index in [0.717, 1.165) is 23.4 Å². The molecule has 0 aliphatic rings. The molecule has 0 saturated heterocycles. The number of aromatic amines is 1. The Morgan fingerprint density at radius 1 is 1.37 bits per heavy atom. The number of carbonyl (C=O) groups is 1. The number of amides is 1. The highest BCUT2D eigenvalue weighted by molar-refractivity contribution is 6.02. The van der Waals surface area contributed by atoms with Crippen molar-refractivity contribution in [2.24, 2.45) is 5.92 Å². The van der Waals surface area contributed by atoms with Gasteiger partial charge < -0.3 is 5.32 Å². The summed E-state index contributed by atoms with van der Waals surface area (Å²) >= 11 is 0. The highest BCUT2D eigenvalue weighted by Crippen LogP contribution is 2.12. The third-order valence-electron chi connectivity index (χ3n) is 2.77. The average Bonchev–Trinajstić information content (AvgIpc) is 2.76. The molecule has 0 aliphatic heterocycles. The van der Waals surface area contributed by atoms with Gasteiger partial charge >= 0.3 is 0 Å². The minimum Gasteiger partial charge on any atom is -0.321 e. The standard InChI is InChI=1S/C15H19N3O/c1-10(2)7-13-9-14(18-17-13)15(19)16-12-6-4-5-11(3)8-12/h4-6,8-10H,7H2,1-3H3,(H,16,19)(H,17,18). The number of nitrogens with one attached hydrogen (secondary N) is 2. The average molecular weight is 257 g/mol. The summed E-state index contributed by atoms with van der Waals surface area (Å²) in [5.74, 6) is 0.352. The van der Waals surface area contributed by atoms with Crippen molar-refractivity contribution >= 4 is 11.6 Å². The van der Waals surface area contributed by atoms with Crippen molar-refractivity contribution in [1.82, 2.24) is 10.2 Å². The lowest BCUT2D eigenvalue weighted by molar-refractivity contribution is 0.102. The Balaban J connectivity index is 2.05. The molecule has 0 bridgehead atoms. The number of anilines is 1. The Bertz CT molecular complexity index is 572. The first-order valence-corrected chi connectivity index (χ1v) is 6.47. The van der Waals surface area contributed by atoms with Crippen LogP contribution in [0.4, 0.5) is 5.69 Å². The number of aryl methyl sites for hydroxylation is 1. The maximum atomic E-state index is 12.0. The number of rotatable bonds is 4. The van der Waals surface area contributed by atoms with Crippen molar-refractivity contribution < 1.29 is 4.79 Å². The van der Waals surface area contributed by atoms with E-state index in [2.05, 4.69) is 29.4 Å². The molecule has 1 aromatic carbocycles. The molecule has 0 spiro atoms. The van der Waals surface area contributed by atoms with Crippen LogP contribution in [0.15, 0.2) is 30.3 Å². The Labute approximate surface area is 113 Å². The molecule has 19 heavy (non-hydrogen) atoms. The van der Waals surface area contributed by atoms with Gasteiger partial charge in [-0.1, -0.05) is 26.0 Å². The van der Waals surface area contributed by atoms with E-state index in [-0.39, 0.29) is 5.91 Å². The van der Waals surface area contributed by atoms with Gasteiger partial charge in [0.1, 0.15) is 0 Å². The Morgan fingerprint density at radius 3 is 2.84 bits per heavy atom. The number of nitrogens with zero attached hydrogens (tertiary/aromatic N) is 1. The molecule has 0 atom stereocenters. The Hall–Kier alpha value is -2.10. The zero-order valence-corrected chi connectivity index (χ0v) is 11.5. The van der Waals surface area contributed by atoms with Crippen LogP contribution in [0.3, 0.4) is 0 Å². The molecule has 0 saturated carbocycles. The normalized spacial score (nSPS) is 10.7. The van der Waals surface area contributed by atoms with Crippen molar-refractivity contribution in [1.29, 1.82) is 0 Å². The topological polar surface area (TPSA) is 57.8 Å². The number of carbonyl (C=O) groups excluding carboxylic acids is 1. The van der Waals surface area contributed by atoms with Gasteiger partial charge in [0, 0.05) is 11.4 Å². The monoisotopic (exact) mass is 257 g/mol. The third kappa shape index (κ3) is 3.68. The summed E-state index contributed by atoms with van der Waals surface area (Å²) in [5.41, 5.74) is 3.32. The molecule has 0 fully saturated rings. The molecule has 0 radical (unpaired) electrons. The van der Waals surface area contributed by atoms with Crippen molar-refractivity contribution in [3.63, 3.8) is 0 Å². The van der Waals surface area contributed by atoms with Crippen molar-refractivity contribution in [2.75, 3.05) is 5.32 Å². The van der Waals surface area contributed by atoms with Gasteiger partial charge in [0.15, 0.2) is 5.69 Å². The predicted octanol–water partition coefficient (Wildman–Crippen LogP) is 3.17. The van der Waals surface area contributed by atoms with Gasteiger partial charge in [-0.3, -0.25) is 9.89 Å². The zero-order chi connectivity index (χ0) is 13.8. The molecule has 1 heterocycles. The Kier molecular flexibility index (Phi) is 4.00. The fraction of sp³-hybridized carbons (Fsp3) is 0.333. The maximum Gasteiger partial charge on any atom is 0.276 e. The lowest BCUT2D eigenvalue weighted by Crippen LogP contribution is -2.12. The van der Waals surface area contributed by atoms with E-state index in [1.807, 2.05) is 37.3 Å². The van der Waals surface area contributed by atoms with Gasteiger partial charge in [0.25, 0.3) is 5.91 Å². The van der Waals surface area contributed by atoms with E-state index < -0.39 is 0 Å². The van der Waals surface area contributed by atoms with Gasteiger partial charge in [-0.25, -0.2) is 0 Å². The van der Waals surface area contributed by atoms with Crippen LogP contribution in [0.25, 0.3) is 0 Å². The van der Waals surface area contributed by atoms with Gasteiger partial charge in [-0.15, -0.1) is 0 Å². The van der Waals surface area contributed by atoms with E-state index in [0.29, 0.717) is 11.6 Å².